The number of carboxylic acids is 1. The van der Waals surface area contributed by atoms with Crippen LogP contribution in [0.2, 0.25) is 0 Å². The molecule has 0 radical (unpaired) electrons. The number of benzene rings is 1. The molecule has 3 rings (SSSR count). The quantitative estimate of drug-likeness (QED) is 0.358. The van der Waals surface area contributed by atoms with Crippen LogP contribution >= 0.6 is 0 Å². The third kappa shape index (κ3) is 14.6. The van der Waals surface area contributed by atoms with Crippen molar-refractivity contribution in [2.75, 3.05) is 0 Å². The van der Waals surface area contributed by atoms with E-state index in [9.17, 15) is 14.4 Å². The molecule has 0 heterocycles. The minimum Gasteiger partial charge on any atom is -0.481 e. The van der Waals surface area contributed by atoms with E-state index in [0.717, 1.165) is 17.6 Å². The fourth-order valence-corrected chi connectivity index (χ4v) is 4.77. The predicted octanol–water partition coefficient (Wildman–Crippen LogP) is 5.73. The normalized spacial score (nSPS) is 17.6. The van der Waals surface area contributed by atoms with Gasteiger partial charge < -0.3 is 25.2 Å². The number of alkyl carbamates (subject to hydrolysis) is 1. The molecular formula is C29H46N2O6. The number of hydrogen-bond acceptors (Lipinski definition) is 6. The van der Waals surface area contributed by atoms with Gasteiger partial charge in [-0.1, -0.05) is 68.9 Å². The van der Waals surface area contributed by atoms with Crippen LogP contribution in [0.4, 0.5) is 4.79 Å². The van der Waals surface area contributed by atoms with Crippen molar-refractivity contribution in [3.05, 3.63) is 35.9 Å². The van der Waals surface area contributed by atoms with Crippen LogP contribution in [0.15, 0.2) is 30.3 Å². The Bertz CT molecular complexity index is 795. The van der Waals surface area contributed by atoms with Crippen LogP contribution in [0.5, 0.6) is 0 Å². The van der Waals surface area contributed by atoms with E-state index in [1.54, 1.807) is 32.9 Å². The fraction of sp³-hybridized carbons (Fsp3) is 0.690. The van der Waals surface area contributed by atoms with Crippen molar-refractivity contribution < 1.29 is 29.0 Å². The van der Waals surface area contributed by atoms with Crippen molar-refractivity contribution in [2.45, 2.75) is 128 Å². The summed E-state index contributed by atoms with van der Waals surface area (Å²) in [5.74, 6) is -1.72. The number of nitrogens with one attached hydrogen (secondary N) is 2. The third-order valence-corrected chi connectivity index (χ3v) is 6.47. The predicted molar refractivity (Wildman–Crippen MR) is 143 cm³/mol. The highest BCUT2D eigenvalue weighted by Crippen LogP contribution is 2.22. The van der Waals surface area contributed by atoms with Gasteiger partial charge in [-0.25, -0.2) is 4.79 Å². The summed E-state index contributed by atoms with van der Waals surface area (Å²) in [6.07, 6.45) is 13.1. The lowest BCUT2D eigenvalue weighted by atomic mass is 9.91. The Kier molecular flexibility index (Phi) is 13.5. The average molecular weight is 519 g/mol. The molecule has 2 fully saturated rings. The zero-order valence-electron chi connectivity index (χ0n) is 22.8. The van der Waals surface area contributed by atoms with Gasteiger partial charge in [-0.3, -0.25) is 9.59 Å². The summed E-state index contributed by atoms with van der Waals surface area (Å²) in [5, 5.41) is 15.2. The molecule has 8 nitrogen and oxygen atoms in total. The summed E-state index contributed by atoms with van der Waals surface area (Å²) in [5.41, 5.74) is 0.119. The molecule has 0 aliphatic heterocycles. The lowest BCUT2D eigenvalue weighted by Gasteiger charge is -2.30. The summed E-state index contributed by atoms with van der Waals surface area (Å²) in [6, 6.07) is 9.89. The lowest BCUT2D eigenvalue weighted by molar-refractivity contribution is -0.155. The van der Waals surface area contributed by atoms with E-state index in [1.807, 2.05) is 18.2 Å². The van der Waals surface area contributed by atoms with E-state index in [-0.39, 0.29) is 13.0 Å². The van der Waals surface area contributed by atoms with Gasteiger partial charge in [0.2, 0.25) is 0 Å². The monoisotopic (exact) mass is 518 g/mol. The van der Waals surface area contributed by atoms with Crippen molar-refractivity contribution in [2.24, 2.45) is 0 Å². The molecular weight excluding hydrogens is 472 g/mol. The van der Waals surface area contributed by atoms with Crippen molar-refractivity contribution in [1.82, 2.24) is 10.6 Å². The number of amides is 1. The van der Waals surface area contributed by atoms with Gasteiger partial charge in [0, 0.05) is 12.1 Å². The first kappa shape index (κ1) is 30.6. The van der Waals surface area contributed by atoms with Crippen molar-refractivity contribution in [1.29, 1.82) is 0 Å². The Hall–Kier alpha value is -2.61. The molecule has 208 valence electrons. The highest BCUT2D eigenvalue weighted by Gasteiger charge is 2.24. The van der Waals surface area contributed by atoms with Gasteiger partial charge in [-0.05, 0) is 52.0 Å². The van der Waals surface area contributed by atoms with E-state index in [0.29, 0.717) is 0 Å². The number of esters is 1. The number of ether oxygens (including phenoxy) is 2. The second-order valence-electron chi connectivity index (χ2n) is 11.1. The zero-order chi connectivity index (χ0) is 27.1. The van der Waals surface area contributed by atoms with Crippen molar-refractivity contribution in [3.8, 4) is 0 Å². The van der Waals surface area contributed by atoms with Crippen molar-refractivity contribution in [3.63, 3.8) is 0 Å². The number of carboxylic acid groups (broad SMARTS) is 1. The molecule has 1 aromatic rings. The van der Waals surface area contributed by atoms with E-state index < -0.39 is 36.1 Å². The Morgan fingerprint density at radius 2 is 1.43 bits per heavy atom. The molecule has 0 spiro atoms. The maximum atomic E-state index is 11.8. The molecule has 3 N–H and O–H groups in total. The number of rotatable bonds is 9. The maximum Gasteiger partial charge on any atom is 0.407 e. The van der Waals surface area contributed by atoms with Crippen LogP contribution < -0.4 is 10.6 Å². The summed E-state index contributed by atoms with van der Waals surface area (Å²) < 4.78 is 10.2. The van der Waals surface area contributed by atoms with Gasteiger partial charge in [0.25, 0.3) is 0 Å². The molecule has 8 heteroatoms. The number of carbonyl (C=O) groups is 3. The van der Waals surface area contributed by atoms with Gasteiger partial charge in [0.1, 0.15) is 12.2 Å². The highest BCUT2D eigenvalue weighted by atomic mass is 16.6. The Labute approximate surface area is 221 Å². The number of carbonyl (C=O) groups excluding carboxylic acids is 2. The van der Waals surface area contributed by atoms with Crippen LogP contribution in [0.1, 0.15) is 103 Å². The van der Waals surface area contributed by atoms with Gasteiger partial charge in [0.05, 0.1) is 18.9 Å². The smallest absolute Gasteiger partial charge is 0.407 e. The summed E-state index contributed by atoms with van der Waals surface area (Å²) in [4.78, 5) is 34.5. The topological polar surface area (TPSA) is 114 Å². The first-order valence-corrected chi connectivity index (χ1v) is 13.8. The molecule has 1 atom stereocenters. The maximum absolute atomic E-state index is 11.8. The van der Waals surface area contributed by atoms with Crippen molar-refractivity contribution >= 4 is 18.0 Å². The van der Waals surface area contributed by atoms with E-state index in [2.05, 4.69) is 10.6 Å². The number of hydrogen-bond donors (Lipinski definition) is 3. The minimum atomic E-state index is -1.13. The van der Waals surface area contributed by atoms with Gasteiger partial charge in [-0.2, -0.15) is 0 Å². The molecule has 1 amide bonds. The van der Waals surface area contributed by atoms with Gasteiger partial charge in [0.15, 0.2) is 0 Å². The number of aliphatic carboxylic acids is 1. The fourth-order valence-electron chi connectivity index (χ4n) is 4.77. The van der Waals surface area contributed by atoms with Crippen LogP contribution in [0, 0.1) is 0 Å². The van der Waals surface area contributed by atoms with E-state index in [1.165, 1.54) is 64.2 Å². The largest absolute Gasteiger partial charge is 0.481 e. The standard InChI is InChI=1S/C17H23NO6.C12H23N/c1-17(2,3)24-15(21)10-13(9-14(19)20)18-16(22)23-11-12-7-5-4-6-8-12;1-3-7-11(8-4-1)13-12-9-5-2-6-10-12/h4-8,13H,9-11H2,1-3H3,(H,18,22)(H,19,20);11-13H,1-10H2/t13-;/m0./s1. The van der Waals surface area contributed by atoms with Crippen LogP contribution in [-0.4, -0.2) is 46.9 Å². The molecule has 0 bridgehead atoms. The molecule has 2 aliphatic carbocycles. The third-order valence-electron chi connectivity index (χ3n) is 6.47. The Morgan fingerprint density at radius 1 is 0.892 bits per heavy atom. The molecule has 2 saturated carbocycles. The van der Waals surface area contributed by atoms with Crippen LogP contribution in [-0.2, 0) is 25.7 Å². The SMILES string of the molecule is C1CCC(NC2CCCCC2)CC1.CC(C)(C)OC(=O)C[C@H](CC(=O)O)NC(=O)OCc1ccccc1. The molecule has 0 saturated heterocycles. The van der Waals surface area contributed by atoms with E-state index >= 15 is 0 Å². The van der Waals surface area contributed by atoms with Crippen LogP contribution in [0.3, 0.4) is 0 Å². The molecule has 37 heavy (non-hydrogen) atoms. The molecule has 2 aliphatic rings. The molecule has 0 unspecified atom stereocenters. The average Bonchev–Trinajstić information content (AvgIpc) is 2.83. The zero-order valence-corrected chi connectivity index (χ0v) is 22.8. The summed E-state index contributed by atoms with van der Waals surface area (Å²) >= 11 is 0. The van der Waals surface area contributed by atoms with Crippen LogP contribution in [0.25, 0.3) is 0 Å². The van der Waals surface area contributed by atoms with Gasteiger partial charge >= 0.3 is 18.0 Å². The summed E-state index contributed by atoms with van der Waals surface area (Å²) in [6.45, 7) is 5.18. The first-order chi connectivity index (χ1) is 17.6. The second-order valence-corrected chi connectivity index (χ2v) is 11.1. The molecule has 0 aromatic heterocycles. The Morgan fingerprint density at radius 3 is 1.92 bits per heavy atom. The van der Waals surface area contributed by atoms with E-state index in [4.69, 9.17) is 14.6 Å². The summed E-state index contributed by atoms with van der Waals surface area (Å²) in [7, 11) is 0. The Balaban J connectivity index is 0.000000308. The molecule has 1 aromatic carbocycles. The first-order valence-electron chi connectivity index (χ1n) is 13.8. The lowest BCUT2D eigenvalue weighted by Crippen LogP contribution is -2.40. The van der Waals surface area contributed by atoms with Gasteiger partial charge in [-0.15, -0.1) is 0 Å². The highest BCUT2D eigenvalue weighted by molar-refractivity contribution is 5.76. The second kappa shape index (κ2) is 16.3. The minimum absolute atomic E-state index is 0.0545.